The summed E-state index contributed by atoms with van der Waals surface area (Å²) < 4.78 is 12.2. The molecule has 1 spiro atoms. The third-order valence-corrected chi connectivity index (χ3v) is 23.7. The van der Waals surface area contributed by atoms with Crippen LogP contribution in [0.4, 0.5) is 0 Å². The van der Waals surface area contributed by atoms with Gasteiger partial charge in [-0.3, -0.25) is 116 Å². The van der Waals surface area contributed by atoms with Gasteiger partial charge in [0.1, 0.15) is 77.4 Å². The molecule has 3 saturated heterocycles. The minimum Gasteiger partial charge on any atom is -0.508 e. The third kappa shape index (κ3) is 31.3. The summed E-state index contributed by atoms with van der Waals surface area (Å²) in [5.41, 5.74) is 56.0. The van der Waals surface area contributed by atoms with Crippen molar-refractivity contribution in [3.63, 3.8) is 0 Å². The first-order valence-corrected chi connectivity index (χ1v) is 45.1. The molecule has 5 aliphatic heterocycles. The van der Waals surface area contributed by atoms with Crippen molar-refractivity contribution in [3.8, 4) is 23.0 Å². The number of likely N-dealkylation sites (tertiary alicyclic amines) is 3. The zero-order chi connectivity index (χ0) is 104. The Morgan fingerprint density at radius 1 is 0.369 bits per heavy atom. The molecule has 0 radical (unpaired) electrons. The van der Waals surface area contributed by atoms with E-state index >= 15 is 33.6 Å². The highest BCUT2D eigenvalue weighted by molar-refractivity contribution is 6.04. The molecule has 47 N–H and O–H groups in total. The van der Waals surface area contributed by atoms with Crippen molar-refractivity contribution in [2.24, 2.45) is 75.1 Å². The van der Waals surface area contributed by atoms with Crippen LogP contribution in [0.1, 0.15) is 140 Å². The highest BCUT2D eigenvalue weighted by Gasteiger charge is 2.55. The smallest absolute Gasteiger partial charge is 0.340 e. The van der Waals surface area contributed by atoms with Gasteiger partial charge in [0, 0.05) is 124 Å². The summed E-state index contributed by atoms with van der Waals surface area (Å²) in [7, 11) is 0. The normalized spacial score (nSPS) is 17.8. The number of nitrogens with one attached hydrogen (secondary N) is 25. The van der Waals surface area contributed by atoms with E-state index in [-0.39, 0.29) is 199 Å². The molecule has 5 aliphatic rings. The monoisotopic (exact) mass is 1970 g/mol. The molecule has 0 bridgehead atoms. The van der Waals surface area contributed by atoms with E-state index in [9.17, 15) is 48.6 Å². The van der Waals surface area contributed by atoms with E-state index in [1.165, 1.54) is 54.6 Å². The molecule has 766 valence electrons. The summed E-state index contributed by atoms with van der Waals surface area (Å²) in [6, 6.07) is -2.05. The molecule has 0 saturated carbocycles. The minimum absolute atomic E-state index is 0.000612. The van der Waals surface area contributed by atoms with Crippen LogP contribution >= 0.6 is 0 Å². The number of nitrogens with zero attached hydrogens (tertiary/aromatic N) is 3. The summed E-state index contributed by atoms with van der Waals surface area (Å²) in [6.45, 7) is -3.90. The number of nitrogens with two attached hydrogens (primary N) is 10. The van der Waals surface area contributed by atoms with Crippen LogP contribution < -0.4 is 147 Å². The lowest BCUT2D eigenvalue weighted by atomic mass is 9.77. The molecule has 0 aliphatic carbocycles. The molecule has 14 amide bonds. The Labute approximate surface area is 806 Å². The quantitative estimate of drug-likeness (QED) is 0.0108. The highest BCUT2D eigenvalue weighted by atomic mass is 16.6. The summed E-state index contributed by atoms with van der Waals surface area (Å²) in [6.07, 6.45) is -3.24. The van der Waals surface area contributed by atoms with Crippen molar-refractivity contribution in [3.05, 3.63) is 82.4 Å². The van der Waals surface area contributed by atoms with Gasteiger partial charge in [0.25, 0.3) is 5.91 Å². The van der Waals surface area contributed by atoms with E-state index in [1.807, 2.05) is 0 Å². The number of ether oxygens (including phenoxy) is 2. The van der Waals surface area contributed by atoms with Crippen molar-refractivity contribution in [1.82, 2.24) is 99.8 Å². The van der Waals surface area contributed by atoms with Gasteiger partial charge in [0.05, 0.1) is 42.7 Å². The maximum Gasteiger partial charge on any atom is 0.340 e. The minimum atomic E-state index is -1.74. The van der Waals surface area contributed by atoms with Gasteiger partial charge in [0.15, 0.2) is 41.4 Å². The third-order valence-electron chi connectivity index (χ3n) is 23.7. The molecule has 0 aromatic heterocycles. The molecule has 8 rings (SSSR count). The highest BCUT2D eigenvalue weighted by Crippen LogP contribution is 2.57. The van der Waals surface area contributed by atoms with Crippen LogP contribution in [-0.4, -0.2) is 306 Å². The SMILES string of the molecule is N=C(N)NCCC[C@H](NC(=O)CCNC(=O)c1ccc2c(c1)C1(OC2=O)c2ccc(O)cc2Oc2cc(O)ccc21)C(=O)N[C@@H](CCCNC(=N)N)C(=O)N1C[C@@H](C(=N)N)C[C@H]1C(=O)N[C@@H](CCCNC(=N)N)C(=O)N[C@@H](CCCNC(=N)N)C(=O)N1C[C@@H](C(=N)N)C[C@H]1C(=O)N[C@@H](CCCNC(=N)N)C(=O)N[C@@H](CCCNC(=N)N)C(=O)N1C[C@@H](C(=N)N)C[C@H]1C(=O)NCC(=O)NCC(=O)NCC(N)=O. The van der Waals surface area contributed by atoms with Crippen LogP contribution in [0, 0.1) is 66.4 Å². The van der Waals surface area contributed by atoms with Gasteiger partial charge in [0.2, 0.25) is 76.8 Å². The number of primary amides is 1. The molecular weight excluding hydrogens is 1850 g/mol. The average molecular weight is 1970 g/mol. The average Bonchev–Trinajstić information content (AvgIpc) is 1.55. The van der Waals surface area contributed by atoms with E-state index in [0.717, 1.165) is 14.7 Å². The number of carbonyl (C=O) groups excluding carboxylic acids is 15. The number of aromatic hydroxyl groups is 2. The van der Waals surface area contributed by atoms with E-state index in [0.29, 0.717) is 0 Å². The standard InChI is InChI=1S/C84H126N38O19/c85-60(125)33-111-62(127)34-112-63(128)35-113-71(133)55-28-40(64(86)87)36-120(55)74(136)52(10-4-23-108-81(98)99)118-69(131)50(8-2-21-106-79(94)95)115-73(135)57-30-42(66(90)91)38-122(57)76(138)54(12-6-25-110-83(102)103)119-70(132)51(9-3-22-107-80(96)97)116-72(134)56-29-41(65(88)89)37-121(56)75(137)53(11-5-24-109-82(100)101)117-68(130)49(7-1-20-105-78(92)93)114-61(126)19-26-104-67(129)39-13-16-45-48(27-39)84(141-77(45)139)46-17-14-43(123)31-58(46)140-59-32-44(124)15-18-47(59)84/h13-18,27,31-32,40-42,49-57,123-124H,1-12,19-26,28-30,33-38H2,(H2,85,125)(H3,86,87)(H3,88,89)(H3,90,91)(H,104,129)(H,111,127)(H,112,128)(H,113,133)(H,114,126)(H,115,135)(H,116,134)(H,117,130)(H,118,131)(H,119,132)(H4,92,93,105)(H4,94,95,106)(H4,96,97,107)(H4,98,99,108)(H4,100,101,109)(H4,102,103,110)/t40-,41-,42-,49-,50-,51-,52-,53-,54-,55-,56-,57-/m0/s1. The first kappa shape index (κ1) is 109. The Morgan fingerprint density at radius 2 is 0.702 bits per heavy atom. The summed E-state index contributed by atoms with van der Waals surface area (Å²) in [5.74, 6) is -21.4. The van der Waals surface area contributed by atoms with Crippen LogP contribution in [0.2, 0.25) is 0 Å². The second-order valence-electron chi connectivity index (χ2n) is 34.0. The fraction of sp³-hybridized carbons (Fsp3) is 0.500. The topological polar surface area (TPSA) is 992 Å². The van der Waals surface area contributed by atoms with Gasteiger partial charge in [-0.05, 0) is 139 Å². The Balaban J connectivity index is 1.03. The maximum absolute atomic E-state index is 15.6. The lowest BCUT2D eigenvalue weighted by Crippen LogP contribution is -2.60. The Bertz CT molecular complexity index is 5240. The molecule has 12 atom stereocenters. The summed E-state index contributed by atoms with van der Waals surface area (Å²) in [4.78, 5) is 217. The van der Waals surface area contributed by atoms with E-state index < -0.39 is 259 Å². The van der Waals surface area contributed by atoms with Gasteiger partial charge < -0.3 is 177 Å². The second kappa shape index (κ2) is 51.4. The first-order valence-electron chi connectivity index (χ1n) is 45.1. The summed E-state index contributed by atoms with van der Waals surface area (Å²) in [5, 5.41) is 134. The number of rotatable bonds is 52. The number of amides is 14. The van der Waals surface area contributed by atoms with Crippen LogP contribution in [0.25, 0.3) is 0 Å². The van der Waals surface area contributed by atoms with Gasteiger partial charge in [-0.2, -0.15) is 0 Å². The van der Waals surface area contributed by atoms with Crippen LogP contribution in [0.5, 0.6) is 23.0 Å². The zero-order valence-electron chi connectivity index (χ0n) is 77.1. The van der Waals surface area contributed by atoms with E-state index in [1.54, 1.807) is 0 Å². The lowest BCUT2D eigenvalue weighted by Gasteiger charge is -2.36. The van der Waals surface area contributed by atoms with Crippen molar-refractivity contribution in [2.75, 3.05) is 85.1 Å². The molecular formula is C84H126N38O19. The molecule has 3 aromatic carbocycles. The number of carbonyl (C=O) groups is 15. The number of esters is 1. The van der Waals surface area contributed by atoms with Gasteiger partial charge in [-0.1, -0.05) is 0 Å². The second-order valence-corrected chi connectivity index (χ2v) is 34.0. The number of amidine groups is 3. The number of phenols is 2. The van der Waals surface area contributed by atoms with Gasteiger partial charge >= 0.3 is 5.97 Å². The number of fused-ring (bicyclic) bond motifs is 6. The molecule has 141 heavy (non-hydrogen) atoms. The van der Waals surface area contributed by atoms with Crippen molar-refractivity contribution >= 4 is 142 Å². The first-order chi connectivity index (χ1) is 66.8. The van der Waals surface area contributed by atoms with Crippen LogP contribution in [0.15, 0.2) is 54.6 Å². The number of hydrogen-bond acceptors (Lipinski definition) is 28. The van der Waals surface area contributed by atoms with Crippen LogP contribution in [-0.2, 0) is 72.7 Å². The lowest BCUT2D eigenvalue weighted by molar-refractivity contribution is -0.144. The molecule has 0 unspecified atom stereocenters. The van der Waals surface area contributed by atoms with Crippen LogP contribution in [0.3, 0.4) is 0 Å². The number of guanidine groups is 6. The number of hydrogen-bond donors (Lipinski definition) is 37. The van der Waals surface area contributed by atoms with Gasteiger partial charge in [-0.25, -0.2) is 4.79 Å². The maximum atomic E-state index is 15.6. The van der Waals surface area contributed by atoms with Crippen molar-refractivity contribution < 1.29 is 91.6 Å². The van der Waals surface area contributed by atoms with Crippen molar-refractivity contribution in [1.29, 1.82) is 48.7 Å². The predicted octanol–water partition coefficient (Wildman–Crippen LogP) is -10.4. The fourth-order valence-electron chi connectivity index (χ4n) is 16.6. The summed E-state index contributed by atoms with van der Waals surface area (Å²) >= 11 is 0. The van der Waals surface area contributed by atoms with E-state index in [4.69, 9.17) is 115 Å². The van der Waals surface area contributed by atoms with E-state index in [2.05, 4.69) is 85.1 Å². The van der Waals surface area contributed by atoms with Gasteiger partial charge in [-0.15, -0.1) is 0 Å². The predicted molar refractivity (Wildman–Crippen MR) is 506 cm³/mol. The largest absolute Gasteiger partial charge is 0.508 e. The Hall–Kier alpha value is -16.9. The Kier molecular flexibility index (Phi) is 39.9. The Morgan fingerprint density at radius 3 is 1.05 bits per heavy atom. The number of phenolic OH excluding ortho intramolecular Hbond substituents is 2. The zero-order valence-corrected chi connectivity index (χ0v) is 77.1. The van der Waals surface area contributed by atoms with Crippen molar-refractivity contribution in [2.45, 2.75) is 163 Å². The number of benzene rings is 3. The molecule has 57 heteroatoms. The molecule has 3 fully saturated rings. The molecule has 57 nitrogen and oxygen atoms in total. The fourth-order valence-corrected chi connectivity index (χ4v) is 16.6. The molecule has 3 aromatic rings. The molecule has 5 heterocycles.